The van der Waals surface area contributed by atoms with Crippen LogP contribution in [0.15, 0.2) is 12.7 Å². The van der Waals surface area contributed by atoms with Gasteiger partial charge in [0, 0.05) is 6.08 Å². The molecule has 0 N–H and O–H groups in total. The van der Waals surface area contributed by atoms with Crippen LogP contribution in [0.5, 0.6) is 0 Å². The highest BCUT2D eigenvalue weighted by Gasteiger charge is 2.30. The maximum Gasteiger partial charge on any atom is 0.477 e. The summed E-state index contributed by atoms with van der Waals surface area (Å²) in [6.45, 7) is 8.93. The van der Waals surface area contributed by atoms with E-state index in [0.29, 0.717) is 0 Å². The fraction of sp³-hybridized carbons (Fsp3) is 0.769. The summed E-state index contributed by atoms with van der Waals surface area (Å²) in [5.74, 6) is -0.663. The molecule has 0 aliphatic rings. The maximum absolute atomic E-state index is 12.2. The number of phosphoric acid groups is 1. The summed E-state index contributed by atoms with van der Waals surface area (Å²) < 4.78 is 32.3. The van der Waals surface area contributed by atoms with E-state index in [1.54, 1.807) is 6.92 Å². The van der Waals surface area contributed by atoms with Crippen LogP contribution in [0.25, 0.3) is 0 Å². The van der Waals surface area contributed by atoms with E-state index in [-0.39, 0.29) is 13.2 Å². The summed E-state index contributed by atoms with van der Waals surface area (Å²) in [5.41, 5.74) is 0. The van der Waals surface area contributed by atoms with Gasteiger partial charge in [-0.15, -0.1) is 0 Å². The summed E-state index contributed by atoms with van der Waals surface area (Å²) in [7, 11) is -3.70. The molecule has 2 unspecified atom stereocenters. The van der Waals surface area contributed by atoms with Crippen LogP contribution >= 0.6 is 7.82 Å². The average molecular weight is 308 g/mol. The molecular weight excluding hydrogens is 283 g/mol. The van der Waals surface area contributed by atoms with E-state index in [2.05, 4.69) is 13.5 Å². The predicted octanol–water partition coefficient (Wildman–Crippen LogP) is 3.82. The van der Waals surface area contributed by atoms with E-state index in [1.807, 2.05) is 0 Å². The van der Waals surface area contributed by atoms with Crippen molar-refractivity contribution in [1.82, 2.24) is 0 Å². The Morgan fingerprint density at radius 3 is 2.50 bits per heavy atom. The molecule has 0 aliphatic carbocycles. The quantitative estimate of drug-likeness (QED) is 0.179. The molecule has 20 heavy (non-hydrogen) atoms. The van der Waals surface area contributed by atoms with Crippen molar-refractivity contribution in [3.05, 3.63) is 12.7 Å². The van der Waals surface area contributed by atoms with Gasteiger partial charge in [-0.05, 0) is 20.3 Å². The molecule has 0 aromatic heterocycles. The number of carbonyl (C=O) groups is 1. The normalized spacial score (nSPS) is 15.3. The van der Waals surface area contributed by atoms with Crippen molar-refractivity contribution in [3.8, 4) is 0 Å². The first kappa shape index (κ1) is 19.3. The number of phosphoric ester groups is 1. The van der Waals surface area contributed by atoms with Crippen LogP contribution in [0.4, 0.5) is 0 Å². The summed E-state index contributed by atoms with van der Waals surface area (Å²) in [6.07, 6.45) is 3.93. The molecule has 0 spiro atoms. The summed E-state index contributed by atoms with van der Waals surface area (Å²) in [6, 6.07) is 0. The van der Waals surface area contributed by atoms with E-state index in [4.69, 9.17) is 18.3 Å². The van der Waals surface area contributed by atoms with Gasteiger partial charge >= 0.3 is 13.8 Å². The molecule has 0 bridgehead atoms. The fourth-order valence-corrected chi connectivity index (χ4v) is 2.65. The Balaban J connectivity index is 4.25. The lowest BCUT2D eigenvalue weighted by Crippen LogP contribution is -2.17. The van der Waals surface area contributed by atoms with Gasteiger partial charge in [-0.1, -0.05) is 32.8 Å². The van der Waals surface area contributed by atoms with Gasteiger partial charge in [0.1, 0.15) is 0 Å². The molecule has 0 fully saturated rings. The standard InChI is InChI=1S/C13H25O6P/c1-5-8-9-10-11-17-20(15,16-7-3)19-12(4)18-13(14)6-2/h6,12H,2,5,7-11H2,1,3-4H3. The molecule has 0 radical (unpaired) electrons. The molecule has 0 aromatic carbocycles. The second-order valence-electron chi connectivity index (χ2n) is 4.07. The van der Waals surface area contributed by atoms with Crippen molar-refractivity contribution < 1.29 is 27.7 Å². The van der Waals surface area contributed by atoms with Gasteiger partial charge in [-0.3, -0.25) is 9.05 Å². The lowest BCUT2D eigenvalue weighted by molar-refractivity contribution is -0.157. The molecule has 0 rings (SSSR count). The van der Waals surface area contributed by atoms with Gasteiger partial charge < -0.3 is 4.74 Å². The molecule has 0 amide bonds. The minimum absolute atomic E-state index is 0.175. The van der Waals surface area contributed by atoms with Crippen LogP contribution in [0.1, 0.15) is 46.5 Å². The monoisotopic (exact) mass is 308 g/mol. The molecular formula is C13H25O6P. The predicted molar refractivity (Wildman–Crippen MR) is 76.2 cm³/mol. The van der Waals surface area contributed by atoms with E-state index in [9.17, 15) is 9.36 Å². The minimum atomic E-state index is -3.70. The van der Waals surface area contributed by atoms with Crippen LogP contribution in [-0.4, -0.2) is 25.5 Å². The van der Waals surface area contributed by atoms with Crippen molar-refractivity contribution in [1.29, 1.82) is 0 Å². The highest BCUT2D eigenvalue weighted by Crippen LogP contribution is 2.50. The van der Waals surface area contributed by atoms with Gasteiger partial charge in [0.25, 0.3) is 0 Å². The second kappa shape index (κ2) is 11.0. The molecule has 118 valence electrons. The molecule has 0 aliphatic heterocycles. The molecule has 0 aromatic rings. The van der Waals surface area contributed by atoms with Gasteiger partial charge in [-0.2, -0.15) is 0 Å². The molecule has 7 heteroatoms. The number of esters is 1. The Labute approximate surface area is 121 Å². The number of unbranched alkanes of at least 4 members (excludes halogenated alkanes) is 3. The van der Waals surface area contributed by atoms with Gasteiger partial charge in [0.15, 0.2) is 0 Å². The zero-order valence-corrected chi connectivity index (χ0v) is 13.4. The highest BCUT2D eigenvalue weighted by atomic mass is 31.2. The molecule has 6 nitrogen and oxygen atoms in total. The van der Waals surface area contributed by atoms with Crippen molar-refractivity contribution in [2.75, 3.05) is 13.2 Å². The second-order valence-corrected chi connectivity index (χ2v) is 5.69. The first-order chi connectivity index (χ1) is 9.47. The third-order valence-electron chi connectivity index (χ3n) is 2.26. The number of ether oxygens (including phenoxy) is 1. The van der Waals surface area contributed by atoms with Gasteiger partial charge in [0.2, 0.25) is 6.29 Å². The van der Waals surface area contributed by atoms with E-state index < -0.39 is 20.1 Å². The summed E-state index contributed by atoms with van der Waals surface area (Å²) >= 11 is 0. The smallest absolute Gasteiger partial charge is 0.432 e. The molecule has 2 atom stereocenters. The Morgan fingerprint density at radius 1 is 1.25 bits per heavy atom. The number of rotatable bonds is 12. The maximum atomic E-state index is 12.2. The number of hydrogen-bond acceptors (Lipinski definition) is 6. The number of hydrogen-bond donors (Lipinski definition) is 0. The van der Waals surface area contributed by atoms with Crippen molar-refractivity contribution >= 4 is 13.8 Å². The van der Waals surface area contributed by atoms with E-state index >= 15 is 0 Å². The van der Waals surface area contributed by atoms with Crippen LogP contribution in [0, 0.1) is 0 Å². The van der Waals surface area contributed by atoms with Crippen molar-refractivity contribution in [2.24, 2.45) is 0 Å². The molecule has 0 saturated carbocycles. The zero-order valence-electron chi connectivity index (χ0n) is 12.5. The van der Waals surface area contributed by atoms with E-state index in [0.717, 1.165) is 31.8 Å². The SMILES string of the molecule is C=CC(=O)OC(C)OP(=O)(OCC)OCCCCCC. The van der Waals surface area contributed by atoms with Crippen LogP contribution in [0.3, 0.4) is 0 Å². The Bertz CT molecular complexity index is 331. The van der Waals surface area contributed by atoms with Crippen LogP contribution < -0.4 is 0 Å². The Hall–Kier alpha value is -0.680. The van der Waals surface area contributed by atoms with Gasteiger partial charge in [-0.25, -0.2) is 13.9 Å². The minimum Gasteiger partial charge on any atom is -0.432 e. The number of carbonyl (C=O) groups excluding carboxylic acids is 1. The summed E-state index contributed by atoms with van der Waals surface area (Å²) in [5, 5.41) is 0. The third-order valence-corrected chi connectivity index (χ3v) is 3.89. The lowest BCUT2D eigenvalue weighted by Gasteiger charge is -2.20. The largest absolute Gasteiger partial charge is 0.477 e. The first-order valence-corrected chi connectivity index (χ1v) is 8.34. The average Bonchev–Trinajstić information content (AvgIpc) is 2.38. The topological polar surface area (TPSA) is 71.1 Å². The highest BCUT2D eigenvalue weighted by molar-refractivity contribution is 7.48. The molecule has 0 heterocycles. The first-order valence-electron chi connectivity index (χ1n) is 6.88. The van der Waals surface area contributed by atoms with Crippen molar-refractivity contribution in [2.45, 2.75) is 52.7 Å². The van der Waals surface area contributed by atoms with Crippen LogP contribution in [-0.2, 0) is 27.7 Å². The Morgan fingerprint density at radius 2 is 1.95 bits per heavy atom. The molecule has 0 saturated heterocycles. The third kappa shape index (κ3) is 9.26. The summed E-state index contributed by atoms with van der Waals surface area (Å²) in [4.78, 5) is 11.0. The van der Waals surface area contributed by atoms with E-state index in [1.165, 1.54) is 6.92 Å². The van der Waals surface area contributed by atoms with Crippen LogP contribution in [0.2, 0.25) is 0 Å². The van der Waals surface area contributed by atoms with Crippen molar-refractivity contribution in [3.63, 3.8) is 0 Å². The lowest BCUT2D eigenvalue weighted by atomic mass is 10.2. The fourth-order valence-electron chi connectivity index (χ4n) is 1.38. The van der Waals surface area contributed by atoms with Gasteiger partial charge in [0.05, 0.1) is 13.2 Å². The zero-order chi connectivity index (χ0) is 15.4. The Kier molecular flexibility index (Phi) is 10.7.